The highest BCUT2D eigenvalue weighted by molar-refractivity contribution is 5.99. The Labute approximate surface area is 177 Å². The minimum Gasteiger partial charge on any atom is -0.459 e. The molecule has 1 heterocycles. The third-order valence-corrected chi connectivity index (χ3v) is 4.85. The van der Waals surface area contributed by atoms with Crippen molar-refractivity contribution in [3.63, 3.8) is 0 Å². The lowest BCUT2D eigenvalue weighted by Gasteiger charge is -2.18. The predicted octanol–water partition coefficient (Wildman–Crippen LogP) is 3.63. The lowest BCUT2D eigenvalue weighted by Crippen LogP contribution is -2.31. The number of benzene rings is 1. The predicted molar refractivity (Wildman–Crippen MR) is 113 cm³/mol. The summed E-state index contributed by atoms with van der Waals surface area (Å²) in [7, 11) is 1.67. The number of aryl methyl sites for hydroxylation is 3. The van der Waals surface area contributed by atoms with E-state index in [1.807, 2.05) is 26.0 Å². The average molecular weight is 415 g/mol. The van der Waals surface area contributed by atoms with Crippen LogP contribution in [-0.4, -0.2) is 47.5 Å². The van der Waals surface area contributed by atoms with Crippen molar-refractivity contribution in [1.82, 2.24) is 9.88 Å². The zero-order valence-corrected chi connectivity index (χ0v) is 18.7. The van der Waals surface area contributed by atoms with Gasteiger partial charge in [0.15, 0.2) is 6.61 Å². The van der Waals surface area contributed by atoms with Gasteiger partial charge in [-0.1, -0.05) is 23.8 Å². The molecular weight excluding hydrogens is 384 g/mol. The van der Waals surface area contributed by atoms with Crippen molar-refractivity contribution in [3.8, 4) is 0 Å². The fourth-order valence-electron chi connectivity index (χ4n) is 3.21. The van der Waals surface area contributed by atoms with Gasteiger partial charge in [-0.05, 0) is 58.2 Å². The van der Waals surface area contributed by atoms with Crippen LogP contribution in [0.15, 0.2) is 18.2 Å². The second-order valence-electron chi connectivity index (χ2n) is 7.83. The molecule has 1 aromatic carbocycles. The molecule has 0 saturated heterocycles. The Morgan fingerprint density at radius 2 is 1.73 bits per heavy atom. The number of aromatic nitrogens is 1. The molecule has 2 aromatic rings. The van der Waals surface area contributed by atoms with Gasteiger partial charge in [0.2, 0.25) is 0 Å². The number of nitrogens with zero attached hydrogens (tertiary/aromatic N) is 1. The van der Waals surface area contributed by atoms with Gasteiger partial charge >= 0.3 is 11.9 Å². The van der Waals surface area contributed by atoms with Crippen molar-refractivity contribution in [2.75, 3.05) is 13.7 Å². The quantitative estimate of drug-likeness (QED) is 0.699. The number of carbonyl (C=O) groups excluding carboxylic acids is 3. The van der Waals surface area contributed by atoms with Crippen LogP contribution in [0.2, 0.25) is 0 Å². The fourth-order valence-corrected chi connectivity index (χ4v) is 3.21. The van der Waals surface area contributed by atoms with Crippen LogP contribution >= 0.6 is 0 Å². The van der Waals surface area contributed by atoms with Crippen molar-refractivity contribution in [1.29, 1.82) is 0 Å². The first-order valence-corrected chi connectivity index (χ1v) is 9.88. The normalized spacial score (nSPS) is 10.8. The minimum atomic E-state index is -0.688. The Bertz CT molecular complexity index is 959. The number of hydrogen-bond donors (Lipinski definition) is 1. The summed E-state index contributed by atoms with van der Waals surface area (Å²) in [5.41, 5.74) is 4.72. The van der Waals surface area contributed by atoms with E-state index in [1.165, 1.54) is 4.90 Å². The summed E-state index contributed by atoms with van der Waals surface area (Å²) in [5, 5.41) is 0. The second-order valence-corrected chi connectivity index (χ2v) is 7.83. The molecule has 0 aliphatic carbocycles. The SMILES string of the molecule is Cc1ccc(CN(C)C(=O)COC(=O)c2[nH]c(C)c(C(=O)OC(C)C)c2C)c(C)c1. The molecule has 0 saturated carbocycles. The maximum atomic E-state index is 12.5. The third-order valence-electron chi connectivity index (χ3n) is 4.85. The van der Waals surface area contributed by atoms with E-state index in [4.69, 9.17) is 9.47 Å². The molecule has 7 nitrogen and oxygen atoms in total. The van der Waals surface area contributed by atoms with Crippen molar-refractivity contribution >= 4 is 17.8 Å². The molecular formula is C23H30N2O5. The number of esters is 2. The minimum absolute atomic E-state index is 0.146. The van der Waals surface area contributed by atoms with Crippen LogP contribution in [0.3, 0.4) is 0 Å². The number of nitrogens with one attached hydrogen (secondary N) is 1. The van der Waals surface area contributed by atoms with Gasteiger partial charge in [-0.15, -0.1) is 0 Å². The van der Waals surface area contributed by atoms with E-state index in [-0.39, 0.29) is 24.3 Å². The van der Waals surface area contributed by atoms with Gasteiger partial charge in [-0.3, -0.25) is 4.79 Å². The molecule has 30 heavy (non-hydrogen) atoms. The summed E-state index contributed by atoms with van der Waals surface area (Å²) >= 11 is 0. The largest absolute Gasteiger partial charge is 0.459 e. The highest BCUT2D eigenvalue weighted by atomic mass is 16.5. The van der Waals surface area contributed by atoms with Gasteiger partial charge in [0, 0.05) is 19.3 Å². The monoisotopic (exact) mass is 414 g/mol. The lowest BCUT2D eigenvalue weighted by atomic mass is 10.1. The maximum Gasteiger partial charge on any atom is 0.355 e. The van der Waals surface area contributed by atoms with E-state index < -0.39 is 11.9 Å². The molecule has 1 amide bonds. The van der Waals surface area contributed by atoms with Crippen LogP contribution in [0.1, 0.15) is 62.6 Å². The number of likely N-dealkylation sites (N-methyl/N-ethyl adjacent to an activating group) is 1. The van der Waals surface area contributed by atoms with Gasteiger partial charge in [0.1, 0.15) is 5.69 Å². The molecule has 162 valence electrons. The van der Waals surface area contributed by atoms with Gasteiger partial charge in [0.05, 0.1) is 11.7 Å². The van der Waals surface area contributed by atoms with Crippen LogP contribution in [0.4, 0.5) is 0 Å². The Morgan fingerprint density at radius 1 is 1.07 bits per heavy atom. The number of ether oxygens (including phenoxy) is 2. The molecule has 1 aromatic heterocycles. The summed E-state index contributed by atoms with van der Waals surface area (Å²) in [5.74, 6) is -1.50. The van der Waals surface area contributed by atoms with Crippen molar-refractivity contribution in [2.24, 2.45) is 0 Å². The van der Waals surface area contributed by atoms with E-state index in [9.17, 15) is 14.4 Å². The molecule has 1 N–H and O–H groups in total. The molecule has 0 radical (unpaired) electrons. The van der Waals surface area contributed by atoms with Crippen LogP contribution in [0.25, 0.3) is 0 Å². The van der Waals surface area contributed by atoms with Gasteiger partial charge in [-0.2, -0.15) is 0 Å². The maximum absolute atomic E-state index is 12.5. The number of carbonyl (C=O) groups is 3. The topological polar surface area (TPSA) is 88.7 Å². The summed E-state index contributed by atoms with van der Waals surface area (Å²) in [6.07, 6.45) is -0.271. The van der Waals surface area contributed by atoms with Crippen molar-refractivity contribution < 1.29 is 23.9 Å². The third kappa shape index (κ3) is 5.49. The molecule has 0 atom stereocenters. The Balaban J connectivity index is 2.01. The van der Waals surface area contributed by atoms with E-state index in [0.717, 1.165) is 16.7 Å². The first-order chi connectivity index (χ1) is 14.0. The number of rotatable bonds is 7. The molecule has 0 spiro atoms. The smallest absolute Gasteiger partial charge is 0.355 e. The van der Waals surface area contributed by atoms with E-state index >= 15 is 0 Å². The first kappa shape index (κ1) is 23.2. The number of H-pyrrole nitrogens is 1. The van der Waals surface area contributed by atoms with E-state index in [1.54, 1.807) is 34.7 Å². The molecule has 7 heteroatoms. The fraction of sp³-hybridized carbons (Fsp3) is 0.435. The molecule has 0 aliphatic rings. The van der Waals surface area contributed by atoms with Gasteiger partial charge in [0.25, 0.3) is 5.91 Å². The van der Waals surface area contributed by atoms with Crippen LogP contribution < -0.4 is 0 Å². The number of amides is 1. The number of aromatic amines is 1. The molecule has 0 fully saturated rings. The zero-order valence-electron chi connectivity index (χ0n) is 18.7. The molecule has 2 rings (SSSR count). The lowest BCUT2D eigenvalue weighted by molar-refractivity contribution is -0.133. The Hall–Kier alpha value is -3.09. The average Bonchev–Trinajstić information content (AvgIpc) is 2.95. The Morgan fingerprint density at radius 3 is 2.33 bits per heavy atom. The van der Waals surface area contributed by atoms with Gasteiger partial charge < -0.3 is 19.4 Å². The molecule has 0 unspecified atom stereocenters. The summed E-state index contributed by atoms with van der Waals surface area (Å²) in [6, 6.07) is 6.05. The summed E-state index contributed by atoms with van der Waals surface area (Å²) in [6.45, 7) is 10.9. The second kappa shape index (κ2) is 9.61. The molecule has 0 aliphatic heterocycles. The van der Waals surface area contributed by atoms with Crippen LogP contribution in [0, 0.1) is 27.7 Å². The van der Waals surface area contributed by atoms with E-state index in [2.05, 4.69) is 11.1 Å². The summed E-state index contributed by atoms with van der Waals surface area (Å²) < 4.78 is 10.4. The van der Waals surface area contributed by atoms with E-state index in [0.29, 0.717) is 23.4 Å². The van der Waals surface area contributed by atoms with Crippen LogP contribution in [0.5, 0.6) is 0 Å². The standard InChI is InChI=1S/C23H30N2O5/c1-13(2)30-22(27)20-16(5)21(24-17(20)6)23(28)29-12-19(26)25(7)11-18-9-8-14(3)10-15(18)4/h8-10,13,24H,11-12H2,1-7H3. The van der Waals surface area contributed by atoms with Crippen molar-refractivity contribution in [3.05, 3.63) is 57.4 Å². The molecule has 0 bridgehead atoms. The van der Waals surface area contributed by atoms with Crippen LogP contribution in [-0.2, 0) is 20.8 Å². The Kier molecular flexibility index (Phi) is 7.43. The van der Waals surface area contributed by atoms with Crippen molar-refractivity contribution in [2.45, 2.75) is 54.2 Å². The number of hydrogen-bond acceptors (Lipinski definition) is 5. The van der Waals surface area contributed by atoms with Gasteiger partial charge in [-0.25, -0.2) is 9.59 Å². The first-order valence-electron chi connectivity index (χ1n) is 9.88. The summed E-state index contributed by atoms with van der Waals surface area (Å²) in [4.78, 5) is 41.5. The zero-order chi connectivity index (χ0) is 22.6. The highest BCUT2D eigenvalue weighted by Gasteiger charge is 2.25. The highest BCUT2D eigenvalue weighted by Crippen LogP contribution is 2.20.